The van der Waals surface area contributed by atoms with Crippen molar-refractivity contribution in [1.29, 1.82) is 0 Å². The van der Waals surface area contributed by atoms with Crippen LogP contribution >= 0.6 is 22.9 Å². The van der Waals surface area contributed by atoms with E-state index >= 15 is 4.39 Å². The van der Waals surface area contributed by atoms with Gasteiger partial charge in [-0.25, -0.2) is 23.7 Å². The largest absolute Gasteiger partial charge is 0.375 e. The summed E-state index contributed by atoms with van der Waals surface area (Å²) in [5.41, 5.74) is 6.66. The van der Waals surface area contributed by atoms with Crippen LogP contribution in [-0.2, 0) is 0 Å². The predicted octanol–water partition coefficient (Wildman–Crippen LogP) is 4.58. The molecule has 0 aliphatic carbocycles. The average Bonchev–Trinajstić information content (AvgIpc) is 3.13. The maximum absolute atomic E-state index is 15.6. The fourth-order valence-corrected chi connectivity index (χ4v) is 4.91. The molecule has 1 atom stereocenters. The van der Waals surface area contributed by atoms with Gasteiger partial charge < -0.3 is 16.4 Å². The summed E-state index contributed by atoms with van der Waals surface area (Å²) in [5, 5.41) is 7.54. The minimum absolute atomic E-state index is 0.114. The lowest BCUT2D eigenvalue weighted by Crippen LogP contribution is -2.38. The standard InChI is InChI=1S/C20H17ClF2N6S/c21-12-6-11-16(26-8-27-19(11)28-9-2-1-5-25-7-9)15(23)14(12)10-3-4-13(22)18-17(10)29-20(24)30-18/h3-4,6,8-9,25H,1-2,5,7H2,(H2,24,29)(H,26,27,28). The van der Waals surface area contributed by atoms with Gasteiger partial charge in [0.25, 0.3) is 0 Å². The Balaban J connectivity index is 1.67. The molecule has 0 saturated carbocycles. The van der Waals surface area contributed by atoms with Crippen molar-refractivity contribution in [3.63, 3.8) is 0 Å². The highest BCUT2D eigenvalue weighted by Crippen LogP contribution is 2.41. The molecule has 2 aromatic heterocycles. The molecule has 2 aromatic carbocycles. The molecule has 1 unspecified atom stereocenters. The number of hydrogen-bond donors (Lipinski definition) is 3. The Labute approximate surface area is 179 Å². The van der Waals surface area contributed by atoms with Gasteiger partial charge in [0.2, 0.25) is 0 Å². The van der Waals surface area contributed by atoms with E-state index in [-0.39, 0.29) is 37.5 Å². The number of fused-ring (bicyclic) bond motifs is 2. The molecule has 3 heterocycles. The van der Waals surface area contributed by atoms with Crippen LogP contribution < -0.4 is 16.4 Å². The molecular formula is C20H17ClF2N6S. The molecular weight excluding hydrogens is 430 g/mol. The van der Waals surface area contributed by atoms with Crippen molar-refractivity contribution in [3.05, 3.63) is 41.2 Å². The lowest BCUT2D eigenvalue weighted by Gasteiger charge is -2.24. The molecule has 1 aliphatic rings. The molecule has 4 N–H and O–H groups in total. The number of benzene rings is 2. The van der Waals surface area contributed by atoms with E-state index in [1.165, 1.54) is 18.5 Å². The topological polar surface area (TPSA) is 88.8 Å². The number of rotatable bonds is 3. The van der Waals surface area contributed by atoms with Gasteiger partial charge in [0.1, 0.15) is 23.5 Å². The van der Waals surface area contributed by atoms with E-state index in [0.717, 1.165) is 37.3 Å². The molecule has 1 saturated heterocycles. The highest BCUT2D eigenvalue weighted by molar-refractivity contribution is 7.22. The summed E-state index contributed by atoms with van der Waals surface area (Å²) in [6.07, 6.45) is 3.37. The molecule has 4 aromatic rings. The number of nitrogens with zero attached hydrogens (tertiary/aromatic N) is 3. The number of anilines is 2. The first-order chi connectivity index (χ1) is 14.5. The number of nitrogens with one attached hydrogen (secondary N) is 2. The van der Waals surface area contributed by atoms with Gasteiger partial charge in [-0.05, 0) is 37.6 Å². The Hall–Kier alpha value is -2.62. The first kappa shape index (κ1) is 19.3. The molecule has 0 bridgehead atoms. The average molecular weight is 447 g/mol. The van der Waals surface area contributed by atoms with Crippen LogP contribution in [0.25, 0.3) is 32.2 Å². The fourth-order valence-electron chi connectivity index (χ4n) is 3.85. The second-order valence-corrected chi connectivity index (χ2v) is 8.62. The summed E-state index contributed by atoms with van der Waals surface area (Å²) in [6.45, 7) is 1.79. The monoisotopic (exact) mass is 446 g/mol. The summed E-state index contributed by atoms with van der Waals surface area (Å²) in [6, 6.07) is 4.55. The van der Waals surface area contributed by atoms with Gasteiger partial charge in [0.15, 0.2) is 10.9 Å². The van der Waals surface area contributed by atoms with Crippen LogP contribution in [0.4, 0.5) is 19.7 Å². The zero-order valence-electron chi connectivity index (χ0n) is 15.7. The number of hydrogen-bond acceptors (Lipinski definition) is 7. The number of aromatic nitrogens is 3. The fraction of sp³-hybridized carbons (Fsp3) is 0.250. The summed E-state index contributed by atoms with van der Waals surface area (Å²) in [5.74, 6) is -0.539. The van der Waals surface area contributed by atoms with E-state index in [0.29, 0.717) is 16.8 Å². The molecule has 0 spiro atoms. The van der Waals surface area contributed by atoms with E-state index in [9.17, 15) is 4.39 Å². The second kappa shape index (κ2) is 7.57. The molecule has 30 heavy (non-hydrogen) atoms. The third-order valence-electron chi connectivity index (χ3n) is 5.24. The zero-order chi connectivity index (χ0) is 20.8. The van der Waals surface area contributed by atoms with Gasteiger partial charge in [-0.15, -0.1) is 0 Å². The van der Waals surface area contributed by atoms with E-state index < -0.39 is 11.6 Å². The van der Waals surface area contributed by atoms with E-state index in [2.05, 4.69) is 25.6 Å². The van der Waals surface area contributed by atoms with E-state index in [4.69, 9.17) is 17.3 Å². The van der Waals surface area contributed by atoms with Crippen LogP contribution in [0.5, 0.6) is 0 Å². The third kappa shape index (κ3) is 3.23. The summed E-state index contributed by atoms with van der Waals surface area (Å²) >= 11 is 7.53. The molecule has 1 fully saturated rings. The second-order valence-electron chi connectivity index (χ2n) is 7.18. The van der Waals surface area contributed by atoms with Crippen molar-refractivity contribution in [2.45, 2.75) is 18.9 Å². The Morgan fingerprint density at radius 3 is 2.90 bits per heavy atom. The van der Waals surface area contributed by atoms with Gasteiger partial charge >= 0.3 is 0 Å². The molecule has 154 valence electrons. The van der Waals surface area contributed by atoms with Gasteiger partial charge in [-0.3, -0.25) is 0 Å². The normalized spacial score (nSPS) is 17.0. The Morgan fingerprint density at radius 1 is 1.23 bits per heavy atom. The van der Waals surface area contributed by atoms with Crippen molar-refractivity contribution in [1.82, 2.24) is 20.3 Å². The van der Waals surface area contributed by atoms with Crippen LogP contribution in [0, 0.1) is 11.6 Å². The van der Waals surface area contributed by atoms with E-state index in [1.807, 2.05) is 0 Å². The molecule has 5 rings (SSSR count). The summed E-state index contributed by atoms with van der Waals surface area (Å²) < 4.78 is 30.1. The highest BCUT2D eigenvalue weighted by atomic mass is 35.5. The van der Waals surface area contributed by atoms with Gasteiger partial charge in [0, 0.05) is 29.1 Å². The van der Waals surface area contributed by atoms with Gasteiger partial charge in [-0.1, -0.05) is 22.9 Å². The maximum Gasteiger partial charge on any atom is 0.181 e. The van der Waals surface area contributed by atoms with Crippen molar-refractivity contribution in [2.24, 2.45) is 0 Å². The van der Waals surface area contributed by atoms with Crippen molar-refractivity contribution in [3.8, 4) is 11.1 Å². The number of nitrogen functional groups attached to an aromatic ring is 1. The first-order valence-corrected chi connectivity index (χ1v) is 10.7. The predicted molar refractivity (Wildman–Crippen MR) is 117 cm³/mol. The lowest BCUT2D eigenvalue weighted by atomic mass is 10.0. The summed E-state index contributed by atoms with van der Waals surface area (Å²) in [4.78, 5) is 12.6. The Bertz CT molecular complexity index is 1270. The maximum atomic E-state index is 15.6. The smallest absolute Gasteiger partial charge is 0.181 e. The van der Waals surface area contributed by atoms with Crippen LogP contribution in [0.15, 0.2) is 24.5 Å². The minimum Gasteiger partial charge on any atom is -0.375 e. The lowest BCUT2D eigenvalue weighted by molar-refractivity contribution is 0.479. The summed E-state index contributed by atoms with van der Waals surface area (Å²) in [7, 11) is 0. The van der Waals surface area contributed by atoms with Crippen molar-refractivity contribution < 1.29 is 8.78 Å². The number of thiazole rings is 1. The number of nitrogens with two attached hydrogens (primary N) is 1. The first-order valence-electron chi connectivity index (χ1n) is 9.48. The van der Waals surface area contributed by atoms with Crippen LogP contribution in [0.3, 0.4) is 0 Å². The SMILES string of the molecule is Nc1nc2c(-c3c(Cl)cc4c(NC5CCCNC5)ncnc4c3F)ccc(F)c2s1. The quantitative estimate of drug-likeness (QED) is 0.426. The Kier molecular flexibility index (Phi) is 4.88. The molecule has 10 heteroatoms. The van der Waals surface area contributed by atoms with Crippen molar-refractivity contribution in [2.75, 3.05) is 24.1 Å². The minimum atomic E-state index is -0.607. The molecule has 0 radical (unpaired) electrons. The Morgan fingerprint density at radius 2 is 2.10 bits per heavy atom. The number of halogens is 3. The highest BCUT2D eigenvalue weighted by Gasteiger charge is 2.23. The van der Waals surface area contributed by atoms with Gasteiger partial charge in [0.05, 0.1) is 15.2 Å². The van der Waals surface area contributed by atoms with Gasteiger partial charge in [-0.2, -0.15) is 0 Å². The third-order valence-corrected chi connectivity index (χ3v) is 6.43. The molecule has 1 aliphatic heterocycles. The molecule has 6 nitrogen and oxygen atoms in total. The van der Waals surface area contributed by atoms with E-state index in [1.54, 1.807) is 6.07 Å². The zero-order valence-corrected chi connectivity index (χ0v) is 17.2. The van der Waals surface area contributed by atoms with Crippen molar-refractivity contribution >= 4 is 55.0 Å². The van der Waals surface area contributed by atoms with Crippen LogP contribution in [0.2, 0.25) is 5.02 Å². The number of piperidine rings is 1. The van der Waals surface area contributed by atoms with Crippen LogP contribution in [-0.4, -0.2) is 34.1 Å². The van der Waals surface area contributed by atoms with Crippen LogP contribution in [0.1, 0.15) is 12.8 Å². The molecule has 0 amide bonds.